The molecule has 2 atom stereocenters. The smallest absolute Gasteiger partial charge is 0.306 e. The number of carboxylic acids is 1. The minimum absolute atomic E-state index is 0.166. The SMILES string of the molecule is CCOc1ccc(CC2CC2C(=O)O)cc1Cl. The van der Waals surface area contributed by atoms with E-state index in [-0.39, 0.29) is 11.8 Å². The zero-order chi connectivity index (χ0) is 12.4. The Balaban J connectivity index is 1.99. The van der Waals surface area contributed by atoms with E-state index in [0.717, 1.165) is 18.4 Å². The number of benzene rings is 1. The zero-order valence-electron chi connectivity index (χ0n) is 9.65. The molecule has 1 aliphatic carbocycles. The van der Waals surface area contributed by atoms with Crippen molar-refractivity contribution in [3.63, 3.8) is 0 Å². The lowest BCUT2D eigenvalue weighted by molar-refractivity contribution is -0.138. The third kappa shape index (κ3) is 2.91. The molecule has 92 valence electrons. The zero-order valence-corrected chi connectivity index (χ0v) is 10.4. The Kier molecular flexibility index (Phi) is 3.57. The van der Waals surface area contributed by atoms with Crippen molar-refractivity contribution in [1.82, 2.24) is 0 Å². The van der Waals surface area contributed by atoms with Crippen LogP contribution in [0.4, 0.5) is 0 Å². The third-order valence-corrected chi connectivity index (χ3v) is 3.33. The fraction of sp³-hybridized carbons (Fsp3) is 0.462. The summed E-state index contributed by atoms with van der Waals surface area (Å²) in [5.41, 5.74) is 1.08. The number of carbonyl (C=O) groups is 1. The minimum Gasteiger partial charge on any atom is -0.492 e. The van der Waals surface area contributed by atoms with Gasteiger partial charge in [0, 0.05) is 0 Å². The normalized spacial score (nSPS) is 22.2. The van der Waals surface area contributed by atoms with Crippen LogP contribution in [0.3, 0.4) is 0 Å². The monoisotopic (exact) mass is 254 g/mol. The fourth-order valence-corrected chi connectivity index (χ4v) is 2.28. The van der Waals surface area contributed by atoms with Crippen molar-refractivity contribution in [3.8, 4) is 5.75 Å². The number of aliphatic carboxylic acids is 1. The summed E-state index contributed by atoms with van der Waals surface area (Å²) in [5, 5.41) is 9.42. The third-order valence-electron chi connectivity index (χ3n) is 3.03. The highest BCUT2D eigenvalue weighted by Gasteiger charge is 2.42. The Morgan fingerprint density at radius 3 is 2.88 bits per heavy atom. The molecule has 0 aliphatic heterocycles. The molecule has 1 aromatic carbocycles. The predicted octanol–water partition coefficient (Wildman–Crippen LogP) is 3.00. The van der Waals surface area contributed by atoms with Gasteiger partial charge in [-0.15, -0.1) is 0 Å². The van der Waals surface area contributed by atoms with Crippen LogP contribution in [0.15, 0.2) is 18.2 Å². The van der Waals surface area contributed by atoms with Crippen molar-refractivity contribution in [2.24, 2.45) is 11.8 Å². The lowest BCUT2D eigenvalue weighted by atomic mass is 10.1. The van der Waals surface area contributed by atoms with Gasteiger partial charge in [-0.25, -0.2) is 0 Å². The summed E-state index contributed by atoms with van der Waals surface area (Å²) in [5.74, 6) is 0.0948. The molecule has 0 spiro atoms. The molecule has 0 heterocycles. The first-order valence-electron chi connectivity index (χ1n) is 5.75. The Bertz CT molecular complexity index is 431. The molecule has 1 saturated carbocycles. The minimum atomic E-state index is -0.688. The van der Waals surface area contributed by atoms with Crippen molar-refractivity contribution in [3.05, 3.63) is 28.8 Å². The summed E-state index contributed by atoms with van der Waals surface area (Å²) in [6.45, 7) is 2.49. The van der Waals surface area contributed by atoms with Crippen LogP contribution in [0.25, 0.3) is 0 Å². The Hall–Kier alpha value is -1.22. The second-order valence-corrected chi connectivity index (χ2v) is 4.75. The number of hydrogen-bond donors (Lipinski definition) is 1. The average molecular weight is 255 g/mol. The van der Waals surface area contributed by atoms with Crippen LogP contribution in [-0.2, 0) is 11.2 Å². The van der Waals surface area contributed by atoms with E-state index in [9.17, 15) is 4.79 Å². The summed E-state index contributed by atoms with van der Waals surface area (Å²) >= 11 is 6.07. The molecule has 0 bridgehead atoms. The quantitative estimate of drug-likeness (QED) is 0.879. The van der Waals surface area contributed by atoms with E-state index >= 15 is 0 Å². The van der Waals surface area contributed by atoms with E-state index < -0.39 is 5.97 Å². The highest BCUT2D eigenvalue weighted by atomic mass is 35.5. The second-order valence-electron chi connectivity index (χ2n) is 4.34. The van der Waals surface area contributed by atoms with E-state index in [1.54, 1.807) is 0 Å². The lowest BCUT2D eigenvalue weighted by Gasteiger charge is -2.07. The highest BCUT2D eigenvalue weighted by Crippen LogP contribution is 2.41. The number of rotatable bonds is 5. The molecular weight excluding hydrogens is 240 g/mol. The standard InChI is InChI=1S/C13H15ClO3/c1-2-17-12-4-3-8(6-11(12)14)5-9-7-10(9)13(15)16/h3-4,6,9-10H,2,5,7H2,1H3,(H,15,16). The van der Waals surface area contributed by atoms with Crippen LogP contribution in [0.5, 0.6) is 5.75 Å². The largest absolute Gasteiger partial charge is 0.492 e. The Morgan fingerprint density at radius 2 is 2.35 bits per heavy atom. The molecule has 1 aliphatic rings. The number of halogens is 1. The fourth-order valence-electron chi connectivity index (χ4n) is 2.02. The maximum atomic E-state index is 10.7. The van der Waals surface area contributed by atoms with Crippen LogP contribution in [-0.4, -0.2) is 17.7 Å². The van der Waals surface area contributed by atoms with Gasteiger partial charge in [-0.3, -0.25) is 4.79 Å². The van der Waals surface area contributed by atoms with Crippen LogP contribution in [0, 0.1) is 11.8 Å². The van der Waals surface area contributed by atoms with Gasteiger partial charge >= 0.3 is 5.97 Å². The molecule has 1 fully saturated rings. The molecule has 2 rings (SSSR count). The van der Waals surface area contributed by atoms with Crippen molar-refractivity contribution in [1.29, 1.82) is 0 Å². The number of ether oxygens (including phenoxy) is 1. The first-order valence-corrected chi connectivity index (χ1v) is 6.13. The summed E-state index contributed by atoms with van der Waals surface area (Å²) in [7, 11) is 0. The van der Waals surface area contributed by atoms with Gasteiger partial charge < -0.3 is 9.84 Å². The second kappa shape index (κ2) is 4.96. The van der Waals surface area contributed by atoms with Crippen LogP contribution in [0.1, 0.15) is 18.9 Å². The van der Waals surface area contributed by atoms with Crippen LogP contribution < -0.4 is 4.74 Å². The van der Waals surface area contributed by atoms with E-state index in [1.165, 1.54) is 0 Å². The van der Waals surface area contributed by atoms with Gasteiger partial charge in [0.05, 0.1) is 17.5 Å². The van der Waals surface area contributed by atoms with Crippen LogP contribution >= 0.6 is 11.6 Å². The van der Waals surface area contributed by atoms with Gasteiger partial charge in [-0.1, -0.05) is 17.7 Å². The summed E-state index contributed by atoms with van der Waals surface area (Å²) in [4.78, 5) is 10.7. The van der Waals surface area contributed by atoms with Crippen molar-refractivity contribution >= 4 is 17.6 Å². The first kappa shape index (κ1) is 12.2. The van der Waals surface area contributed by atoms with E-state index in [2.05, 4.69) is 0 Å². The molecule has 2 unspecified atom stereocenters. The van der Waals surface area contributed by atoms with E-state index in [1.807, 2.05) is 25.1 Å². The lowest BCUT2D eigenvalue weighted by Crippen LogP contribution is -2.01. The molecule has 0 radical (unpaired) electrons. The Morgan fingerprint density at radius 1 is 1.59 bits per heavy atom. The van der Waals surface area contributed by atoms with E-state index in [0.29, 0.717) is 17.4 Å². The maximum absolute atomic E-state index is 10.7. The highest BCUT2D eigenvalue weighted by molar-refractivity contribution is 6.32. The van der Waals surface area contributed by atoms with Crippen molar-refractivity contribution in [2.45, 2.75) is 19.8 Å². The van der Waals surface area contributed by atoms with Gasteiger partial charge in [-0.2, -0.15) is 0 Å². The maximum Gasteiger partial charge on any atom is 0.306 e. The summed E-state index contributed by atoms with van der Waals surface area (Å²) in [6.07, 6.45) is 1.56. The molecule has 1 N–H and O–H groups in total. The van der Waals surface area contributed by atoms with Gasteiger partial charge in [0.2, 0.25) is 0 Å². The Labute approximate surface area is 105 Å². The predicted molar refractivity (Wildman–Crippen MR) is 65.6 cm³/mol. The molecule has 4 heteroatoms. The summed E-state index contributed by atoms with van der Waals surface area (Å²) < 4.78 is 5.35. The number of hydrogen-bond acceptors (Lipinski definition) is 2. The molecule has 0 aromatic heterocycles. The van der Waals surface area contributed by atoms with Gasteiger partial charge in [0.25, 0.3) is 0 Å². The molecule has 0 saturated heterocycles. The molecule has 0 amide bonds. The average Bonchev–Trinajstić information content (AvgIpc) is 3.02. The van der Waals surface area contributed by atoms with E-state index in [4.69, 9.17) is 21.4 Å². The van der Waals surface area contributed by atoms with Gasteiger partial charge in [0.15, 0.2) is 0 Å². The summed E-state index contributed by atoms with van der Waals surface area (Å²) in [6, 6.07) is 5.66. The molecular formula is C13H15ClO3. The molecule has 1 aromatic rings. The molecule has 17 heavy (non-hydrogen) atoms. The van der Waals surface area contributed by atoms with Gasteiger partial charge in [0.1, 0.15) is 5.75 Å². The molecule has 3 nitrogen and oxygen atoms in total. The van der Waals surface area contributed by atoms with Crippen molar-refractivity contribution in [2.75, 3.05) is 6.61 Å². The number of carboxylic acid groups (broad SMARTS) is 1. The van der Waals surface area contributed by atoms with Gasteiger partial charge in [-0.05, 0) is 43.4 Å². The van der Waals surface area contributed by atoms with Crippen LogP contribution in [0.2, 0.25) is 5.02 Å². The topological polar surface area (TPSA) is 46.5 Å². The van der Waals surface area contributed by atoms with Crippen molar-refractivity contribution < 1.29 is 14.6 Å². The first-order chi connectivity index (χ1) is 8.11.